The van der Waals surface area contributed by atoms with Crippen molar-refractivity contribution in [2.75, 3.05) is 0 Å². The molecule has 3 rings (SSSR count). The summed E-state index contributed by atoms with van der Waals surface area (Å²) >= 11 is 0. The summed E-state index contributed by atoms with van der Waals surface area (Å²) in [6.45, 7) is 0. The Morgan fingerprint density at radius 2 is 1.78 bits per heavy atom. The van der Waals surface area contributed by atoms with E-state index in [1.54, 1.807) is 24.3 Å². The molecule has 1 unspecified atom stereocenters. The van der Waals surface area contributed by atoms with Crippen LogP contribution in [0.5, 0.6) is 5.75 Å². The number of benzene rings is 2. The van der Waals surface area contributed by atoms with Gasteiger partial charge in [0.1, 0.15) is 5.75 Å². The molecule has 0 fully saturated rings. The van der Waals surface area contributed by atoms with Gasteiger partial charge in [-0.05, 0) is 36.1 Å². The topological polar surface area (TPSA) is 37.3 Å². The van der Waals surface area contributed by atoms with Gasteiger partial charge < -0.3 is 5.11 Å². The number of carbonyl (C=O) groups is 1. The molecule has 0 bridgehead atoms. The normalized spacial score (nSPS) is 17.4. The van der Waals surface area contributed by atoms with Gasteiger partial charge >= 0.3 is 0 Å². The quantitative estimate of drug-likeness (QED) is 0.815. The summed E-state index contributed by atoms with van der Waals surface area (Å²) in [5.41, 5.74) is 2.80. The molecule has 0 aromatic heterocycles. The number of Topliss-reactive ketones (excluding diaryl/α,β-unsaturated/α-hetero) is 1. The molecule has 90 valence electrons. The fourth-order valence-electron chi connectivity index (χ4n) is 2.70. The second kappa shape index (κ2) is 4.30. The maximum Gasteiger partial charge on any atom is 0.174 e. The molecule has 2 heteroatoms. The van der Waals surface area contributed by atoms with Gasteiger partial charge in [0.15, 0.2) is 5.78 Å². The Hall–Kier alpha value is -2.09. The molecule has 0 saturated carbocycles. The van der Waals surface area contributed by atoms with Crippen LogP contribution in [0.1, 0.15) is 33.8 Å². The summed E-state index contributed by atoms with van der Waals surface area (Å²) in [6.07, 6.45) is 1.78. The molecule has 0 aliphatic heterocycles. The summed E-state index contributed by atoms with van der Waals surface area (Å²) in [7, 11) is 0. The lowest BCUT2D eigenvalue weighted by atomic mass is 9.92. The first kappa shape index (κ1) is 11.0. The van der Waals surface area contributed by atoms with Crippen LogP contribution >= 0.6 is 0 Å². The molecule has 2 aromatic rings. The SMILES string of the molecule is O=C(c1ccccc1O)C1CCc2ccccc21. The number of rotatable bonds is 2. The molecular formula is C16H14O2. The number of hydrogen-bond donors (Lipinski definition) is 1. The molecule has 2 aromatic carbocycles. The fourth-order valence-corrected chi connectivity index (χ4v) is 2.70. The summed E-state index contributed by atoms with van der Waals surface area (Å²) in [5, 5.41) is 9.77. The average Bonchev–Trinajstić information content (AvgIpc) is 2.82. The number of phenols is 1. The Morgan fingerprint density at radius 3 is 2.61 bits per heavy atom. The zero-order valence-corrected chi connectivity index (χ0v) is 9.97. The van der Waals surface area contributed by atoms with Crippen molar-refractivity contribution >= 4 is 5.78 Å². The van der Waals surface area contributed by atoms with E-state index in [0.717, 1.165) is 18.4 Å². The minimum absolute atomic E-state index is 0.0260. The minimum Gasteiger partial charge on any atom is -0.507 e. The molecule has 0 spiro atoms. The van der Waals surface area contributed by atoms with Crippen molar-refractivity contribution in [2.24, 2.45) is 0 Å². The van der Waals surface area contributed by atoms with Crippen LogP contribution in [0.25, 0.3) is 0 Å². The van der Waals surface area contributed by atoms with E-state index in [9.17, 15) is 9.90 Å². The number of para-hydroxylation sites is 1. The van der Waals surface area contributed by atoms with Gasteiger partial charge in [-0.1, -0.05) is 36.4 Å². The fraction of sp³-hybridized carbons (Fsp3) is 0.188. The first-order valence-electron chi connectivity index (χ1n) is 6.17. The van der Waals surface area contributed by atoms with Gasteiger partial charge in [-0.15, -0.1) is 0 Å². The van der Waals surface area contributed by atoms with Crippen molar-refractivity contribution in [3.05, 3.63) is 65.2 Å². The summed E-state index contributed by atoms with van der Waals surface area (Å²) < 4.78 is 0. The zero-order chi connectivity index (χ0) is 12.5. The van der Waals surface area contributed by atoms with Crippen LogP contribution < -0.4 is 0 Å². The second-order valence-electron chi connectivity index (χ2n) is 4.67. The van der Waals surface area contributed by atoms with E-state index in [4.69, 9.17) is 0 Å². The van der Waals surface area contributed by atoms with Crippen molar-refractivity contribution in [1.29, 1.82) is 0 Å². The maximum atomic E-state index is 12.5. The lowest BCUT2D eigenvalue weighted by molar-refractivity contribution is 0.0957. The van der Waals surface area contributed by atoms with Crippen LogP contribution in [-0.2, 0) is 6.42 Å². The molecule has 0 amide bonds. The van der Waals surface area contributed by atoms with E-state index in [1.165, 1.54) is 5.56 Å². The predicted molar refractivity (Wildman–Crippen MR) is 69.9 cm³/mol. The van der Waals surface area contributed by atoms with E-state index >= 15 is 0 Å². The molecule has 2 nitrogen and oxygen atoms in total. The summed E-state index contributed by atoms with van der Waals surface area (Å²) in [4.78, 5) is 12.5. The number of aryl methyl sites for hydroxylation is 1. The van der Waals surface area contributed by atoms with Crippen LogP contribution in [0, 0.1) is 0 Å². The number of aromatic hydroxyl groups is 1. The lowest BCUT2D eigenvalue weighted by Crippen LogP contribution is -2.10. The molecular weight excluding hydrogens is 224 g/mol. The third-order valence-corrected chi connectivity index (χ3v) is 3.62. The average molecular weight is 238 g/mol. The molecule has 1 aliphatic rings. The summed E-state index contributed by atoms with van der Waals surface area (Å²) in [6, 6.07) is 14.8. The largest absolute Gasteiger partial charge is 0.507 e. The standard InChI is InChI=1S/C16H14O2/c17-15-8-4-3-7-14(15)16(18)13-10-9-11-5-1-2-6-12(11)13/h1-8,13,17H,9-10H2. The van der Waals surface area contributed by atoms with E-state index in [1.807, 2.05) is 18.2 Å². The lowest BCUT2D eigenvalue weighted by Gasteiger charge is -2.11. The van der Waals surface area contributed by atoms with Crippen molar-refractivity contribution < 1.29 is 9.90 Å². The van der Waals surface area contributed by atoms with Crippen LogP contribution in [-0.4, -0.2) is 10.9 Å². The zero-order valence-electron chi connectivity index (χ0n) is 9.97. The van der Waals surface area contributed by atoms with Crippen molar-refractivity contribution in [3.8, 4) is 5.75 Å². The summed E-state index contributed by atoms with van der Waals surface area (Å²) in [5.74, 6) is -0.000527. The van der Waals surface area contributed by atoms with Gasteiger partial charge in [0.05, 0.1) is 5.56 Å². The number of ketones is 1. The van der Waals surface area contributed by atoms with E-state index in [2.05, 4.69) is 6.07 Å². The number of hydrogen-bond acceptors (Lipinski definition) is 2. The molecule has 0 heterocycles. The van der Waals surface area contributed by atoms with Gasteiger partial charge in [0.25, 0.3) is 0 Å². The molecule has 0 radical (unpaired) electrons. The van der Waals surface area contributed by atoms with Crippen LogP contribution in [0.4, 0.5) is 0 Å². The Balaban J connectivity index is 1.99. The van der Waals surface area contributed by atoms with E-state index in [-0.39, 0.29) is 17.5 Å². The molecule has 1 atom stereocenters. The van der Waals surface area contributed by atoms with Gasteiger partial charge in [-0.25, -0.2) is 0 Å². The number of phenolic OH excluding ortho intramolecular Hbond substituents is 1. The second-order valence-corrected chi connectivity index (χ2v) is 4.67. The third-order valence-electron chi connectivity index (χ3n) is 3.62. The van der Waals surface area contributed by atoms with Crippen molar-refractivity contribution in [3.63, 3.8) is 0 Å². The van der Waals surface area contributed by atoms with Gasteiger partial charge in [0.2, 0.25) is 0 Å². The highest BCUT2D eigenvalue weighted by Gasteiger charge is 2.29. The number of carbonyl (C=O) groups excluding carboxylic acids is 1. The van der Waals surface area contributed by atoms with Crippen LogP contribution in [0.15, 0.2) is 48.5 Å². The van der Waals surface area contributed by atoms with Crippen molar-refractivity contribution in [2.45, 2.75) is 18.8 Å². The third kappa shape index (κ3) is 1.70. The number of fused-ring (bicyclic) bond motifs is 1. The maximum absolute atomic E-state index is 12.5. The van der Waals surface area contributed by atoms with Gasteiger partial charge in [-0.3, -0.25) is 4.79 Å². The Morgan fingerprint density at radius 1 is 1.06 bits per heavy atom. The highest BCUT2D eigenvalue weighted by atomic mass is 16.3. The Labute approximate surface area is 106 Å². The van der Waals surface area contributed by atoms with Gasteiger partial charge in [0, 0.05) is 5.92 Å². The molecule has 18 heavy (non-hydrogen) atoms. The van der Waals surface area contributed by atoms with Crippen LogP contribution in [0.3, 0.4) is 0 Å². The Bertz CT molecular complexity index is 602. The van der Waals surface area contributed by atoms with E-state index < -0.39 is 0 Å². The molecule has 1 aliphatic carbocycles. The van der Waals surface area contributed by atoms with E-state index in [0.29, 0.717) is 5.56 Å². The van der Waals surface area contributed by atoms with Crippen LogP contribution in [0.2, 0.25) is 0 Å². The molecule has 1 N–H and O–H groups in total. The van der Waals surface area contributed by atoms with Gasteiger partial charge in [-0.2, -0.15) is 0 Å². The monoisotopic (exact) mass is 238 g/mol. The first-order valence-corrected chi connectivity index (χ1v) is 6.17. The smallest absolute Gasteiger partial charge is 0.174 e. The predicted octanol–water partition coefficient (Wildman–Crippen LogP) is 3.30. The Kier molecular flexibility index (Phi) is 2.63. The highest BCUT2D eigenvalue weighted by Crippen LogP contribution is 2.36. The first-order chi connectivity index (χ1) is 8.77. The minimum atomic E-state index is -0.102. The highest BCUT2D eigenvalue weighted by molar-refractivity contribution is 6.03. The van der Waals surface area contributed by atoms with Crippen molar-refractivity contribution in [1.82, 2.24) is 0 Å². The molecule has 0 saturated heterocycles.